The third-order valence-electron chi connectivity index (χ3n) is 3.10. The molecule has 0 spiro atoms. The van der Waals surface area contributed by atoms with E-state index in [0.717, 1.165) is 5.75 Å². The van der Waals surface area contributed by atoms with Crippen LogP contribution in [-0.4, -0.2) is 39.3 Å². The van der Waals surface area contributed by atoms with Gasteiger partial charge in [0.15, 0.2) is 0 Å². The minimum absolute atomic E-state index is 0.00622. The molecule has 0 unspecified atom stereocenters. The third-order valence-corrected chi connectivity index (χ3v) is 4.72. The lowest BCUT2D eigenvalue weighted by Gasteiger charge is -2.37. The van der Waals surface area contributed by atoms with E-state index in [1.807, 2.05) is 11.8 Å². The molecule has 0 atom stereocenters. The van der Waals surface area contributed by atoms with Crippen LogP contribution in [0.3, 0.4) is 0 Å². The molecule has 1 aromatic carbocycles. The summed E-state index contributed by atoms with van der Waals surface area (Å²) >= 11 is 7.58. The second-order valence-corrected chi connectivity index (χ2v) is 7.47. The first-order chi connectivity index (χ1) is 9.30. The molecule has 0 aliphatic carbocycles. The number of carbonyl (C=O) groups is 1. The molecule has 1 heterocycles. The molecule has 1 aromatic rings. The number of rotatable bonds is 2. The molecule has 0 aromatic heterocycles. The van der Waals surface area contributed by atoms with E-state index in [1.165, 1.54) is 18.2 Å². The van der Waals surface area contributed by atoms with Crippen LogP contribution in [0.15, 0.2) is 18.2 Å². The van der Waals surface area contributed by atoms with E-state index in [-0.39, 0.29) is 21.4 Å². The summed E-state index contributed by atoms with van der Waals surface area (Å²) in [6.45, 7) is 5.46. The van der Waals surface area contributed by atoms with Gasteiger partial charge in [0.25, 0.3) is 11.6 Å². The van der Waals surface area contributed by atoms with Crippen LogP contribution in [0.4, 0.5) is 5.69 Å². The van der Waals surface area contributed by atoms with E-state index in [4.69, 9.17) is 11.6 Å². The lowest BCUT2D eigenvalue weighted by Crippen LogP contribution is -2.46. The summed E-state index contributed by atoms with van der Waals surface area (Å²) in [5.41, 5.74) is 0.0759. The van der Waals surface area contributed by atoms with Crippen molar-refractivity contribution in [3.05, 3.63) is 38.9 Å². The average molecular weight is 315 g/mol. The predicted molar refractivity (Wildman–Crippen MR) is 80.5 cm³/mol. The Labute approximate surface area is 126 Å². The second-order valence-electron chi connectivity index (χ2n) is 5.26. The molecular formula is C13H15ClN2O3S. The van der Waals surface area contributed by atoms with Gasteiger partial charge >= 0.3 is 0 Å². The summed E-state index contributed by atoms with van der Waals surface area (Å²) in [5.74, 6) is 0.687. The van der Waals surface area contributed by atoms with Gasteiger partial charge in [0.1, 0.15) is 5.02 Å². The van der Waals surface area contributed by atoms with Gasteiger partial charge in [0.05, 0.1) is 4.92 Å². The van der Waals surface area contributed by atoms with Crippen LogP contribution in [0, 0.1) is 10.1 Å². The standard InChI is InChI=1S/C13H15ClN2O3S/c1-13(2)8-15(5-6-20-13)12(17)9-3-4-10(14)11(7-9)16(18)19/h3-4,7H,5-6,8H2,1-2H3. The van der Waals surface area contributed by atoms with Crippen LogP contribution in [0.25, 0.3) is 0 Å². The number of amides is 1. The molecule has 0 radical (unpaired) electrons. The van der Waals surface area contributed by atoms with Gasteiger partial charge in [-0.25, -0.2) is 0 Å². The number of benzene rings is 1. The number of halogens is 1. The Balaban J connectivity index is 2.25. The van der Waals surface area contributed by atoms with Crippen molar-refractivity contribution >= 4 is 35.0 Å². The molecule has 108 valence electrons. The van der Waals surface area contributed by atoms with E-state index < -0.39 is 4.92 Å². The highest BCUT2D eigenvalue weighted by Crippen LogP contribution is 2.31. The number of hydrogen-bond donors (Lipinski definition) is 0. The Morgan fingerprint density at radius 2 is 2.20 bits per heavy atom. The molecule has 5 nitrogen and oxygen atoms in total. The Kier molecular flexibility index (Phi) is 4.25. The molecule has 1 aliphatic rings. The molecule has 2 rings (SSSR count). The first-order valence-electron chi connectivity index (χ1n) is 6.17. The monoisotopic (exact) mass is 314 g/mol. The third kappa shape index (κ3) is 3.24. The van der Waals surface area contributed by atoms with E-state index in [1.54, 1.807) is 4.90 Å². The molecule has 20 heavy (non-hydrogen) atoms. The van der Waals surface area contributed by atoms with E-state index in [9.17, 15) is 14.9 Å². The van der Waals surface area contributed by atoms with Gasteiger partial charge in [0.2, 0.25) is 0 Å². The zero-order chi connectivity index (χ0) is 14.9. The predicted octanol–water partition coefficient (Wildman–Crippen LogP) is 3.22. The van der Waals surface area contributed by atoms with Gasteiger partial charge in [-0.1, -0.05) is 11.6 Å². The Morgan fingerprint density at radius 1 is 1.50 bits per heavy atom. The largest absolute Gasteiger partial charge is 0.336 e. The van der Waals surface area contributed by atoms with Crippen LogP contribution in [0.5, 0.6) is 0 Å². The highest BCUT2D eigenvalue weighted by Gasteiger charge is 2.30. The maximum Gasteiger partial charge on any atom is 0.288 e. The smallest absolute Gasteiger partial charge is 0.288 e. The second kappa shape index (κ2) is 5.61. The summed E-state index contributed by atoms with van der Waals surface area (Å²) in [5, 5.41) is 10.9. The quantitative estimate of drug-likeness (QED) is 0.621. The number of carbonyl (C=O) groups excluding carboxylic acids is 1. The molecule has 1 amide bonds. The van der Waals surface area contributed by atoms with E-state index in [2.05, 4.69) is 13.8 Å². The number of hydrogen-bond acceptors (Lipinski definition) is 4. The fourth-order valence-corrected chi connectivity index (χ4v) is 3.46. The van der Waals surface area contributed by atoms with Crippen molar-refractivity contribution in [2.75, 3.05) is 18.8 Å². The van der Waals surface area contributed by atoms with Crippen LogP contribution in [0.2, 0.25) is 5.02 Å². The van der Waals surface area contributed by atoms with Crippen molar-refractivity contribution in [3.8, 4) is 0 Å². The summed E-state index contributed by atoms with van der Waals surface area (Å²) in [6.07, 6.45) is 0. The van der Waals surface area contributed by atoms with Gasteiger partial charge in [-0.05, 0) is 26.0 Å². The number of thioether (sulfide) groups is 1. The lowest BCUT2D eigenvalue weighted by atomic mass is 10.1. The fourth-order valence-electron chi connectivity index (χ4n) is 2.16. The molecule has 1 fully saturated rings. The molecule has 0 N–H and O–H groups in total. The summed E-state index contributed by atoms with van der Waals surface area (Å²) in [7, 11) is 0. The zero-order valence-electron chi connectivity index (χ0n) is 11.3. The fraction of sp³-hybridized carbons (Fsp3) is 0.462. The van der Waals surface area contributed by atoms with Crippen molar-refractivity contribution in [2.24, 2.45) is 0 Å². The number of nitro groups is 1. The Bertz CT molecular complexity index is 563. The molecular weight excluding hydrogens is 300 g/mol. The van der Waals surface area contributed by atoms with Gasteiger partial charge in [0, 0.05) is 35.2 Å². The zero-order valence-corrected chi connectivity index (χ0v) is 12.8. The SMILES string of the molecule is CC1(C)CN(C(=O)c2ccc(Cl)c([N+](=O)[O-])c2)CCS1. The maximum absolute atomic E-state index is 12.4. The van der Waals surface area contributed by atoms with Crippen molar-refractivity contribution in [2.45, 2.75) is 18.6 Å². The number of nitrogens with zero attached hydrogens (tertiary/aromatic N) is 2. The van der Waals surface area contributed by atoms with E-state index >= 15 is 0 Å². The lowest BCUT2D eigenvalue weighted by molar-refractivity contribution is -0.384. The van der Waals surface area contributed by atoms with Crippen LogP contribution in [-0.2, 0) is 0 Å². The average Bonchev–Trinajstić information content (AvgIpc) is 2.37. The minimum atomic E-state index is -0.574. The highest BCUT2D eigenvalue weighted by molar-refractivity contribution is 8.00. The van der Waals surface area contributed by atoms with Gasteiger partial charge in [-0.2, -0.15) is 11.8 Å². The molecule has 0 bridgehead atoms. The minimum Gasteiger partial charge on any atom is -0.336 e. The topological polar surface area (TPSA) is 63.5 Å². The number of nitro benzene ring substituents is 1. The van der Waals surface area contributed by atoms with E-state index in [0.29, 0.717) is 18.7 Å². The first-order valence-corrected chi connectivity index (χ1v) is 7.54. The van der Waals surface area contributed by atoms with Gasteiger partial charge in [-0.15, -0.1) is 0 Å². The summed E-state index contributed by atoms with van der Waals surface area (Å²) < 4.78 is 0.00622. The maximum atomic E-state index is 12.4. The molecule has 0 saturated carbocycles. The van der Waals surface area contributed by atoms with Crippen LogP contribution >= 0.6 is 23.4 Å². The normalized spacial score (nSPS) is 17.9. The van der Waals surface area contributed by atoms with Crippen molar-refractivity contribution in [1.82, 2.24) is 4.90 Å². The summed E-state index contributed by atoms with van der Waals surface area (Å²) in [4.78, 5) is 24.5. The van der Waals surface area contributed by atoms with Gasteiger partial charge < -0.3 is 4.90 Å². The Morgan fingerprint density at radius 3 is 2.80 bits per heavy atom. The van der Waals surface area contributed by atoms with Crippen LogP contribution in [0.1, 0.15) is 24.2 Å². The first kappa shape index (κ1) is 15.1. The van der Waals surface area contributed by atoms with Gasteiger partial charge in [-0.3, -0.25) is 14.9 Å². The van der Waals surface area contributed by atoms with Crippen LogP contribution < -0.4 is 0 Å². The van der Waals surface area contributed by atoms with Crippen molar-refractivity contribution in [1.29, 1.82) is 0 Å². The molecule has 7 heteroatoms. The highest BCUT2D eigenvalue weighted by atomic mass is 35.5. The van der Waals surface area contributed by atoms with Crippen molar-refractivity contribution in [3.63, 3.8) is 0 Å². The summed E-state index contributed by atoms with van der Waals surface area (Å²) in [6, 6.07) is 4.18. The Hall–Kier alpha value is -1.27. The molecule has 1 aliphatic heterocycles. The molecule has 1 saturated heterocycles. The van der Waals surface area contributed by atoms with Crippen molar-refractivity contribution < 1.29 is 9.72 Å².